The van der Waals surface area contributed by atoms with E-state index >= 15 is 0 Å². The maximum absolute atomic E-state index is 11.3. The van der Waals surface area contributed by atoms with Gasteiger partial charge in [-0.2, -0.15) is 0 Å². The second kappa shape index (κ2) is 5.69. The Bertz CT molecular complexity index is 493. The molecule has 3 N–H and O–H groups in total. The Labute approximate surface area is 146 Å². The molecular weight excluding hydrogens is 300 g/mol. The molecular formula is C21H36O3. The Morgan fingerprint density at radius 2 is 1.67 bits per heavy atom. The summed E-state index contributed by atoms with van der Waals surface area (Å²) in [5.74, 6) is 2.95. The number of hydrogen-bond acceptors (Lipinski definition) is 3. The fraction of sp³-hybridized carbons (Fsp3) is 1.00. The molecule has 0 radical (unpaired) electrons. The number of hydrogen-bond donors (Lipinski definition) is 3. The first kappa shape index (κ1) is 17.3. The minimum Gasteiger partial charge on any atom is -0.394 e. The van der Waals surface area contributed by atoms with Crippen molar-refractivity contribution in [3.05, 3.63) is 0 Å². The lowest BCUT2D eigenvalue weighted by molar-refractivity contribution is -0.193. The van der Waals surface area contributed by atoms with Crippen LogP contribution in [0, 0.1) is 34.5 Å². The zero-order valence-electron chi connectivity index (χ0n) is 15.5. The van der Waals surface area contributed by atoms with E-state index in [1.807, 2.05) is 0 Å². The molecule has 0 heterocycles. The van der Waals surface area contributed by atoms with Gasteiger partial charge in [-0.15, -0.1) is 0 Å². The van der Waals surface area contributed by atoms with Crippen LogP contribution in [0.2, 0.25) is 0 Å². The molecule has 0 aliphatic heterocycles. The van der Waals surface area contributed by atoms with E-state index in [1.54, 1.807) is 0 Å². The summed E-state index contributed by atoms with van der Waals surface area (Å²) in [4.78, 5) is 0. The van der Waals surface area contributed by atoms with E-state index in [2.05, 4.69) is 13.8 Å². The van der Waals surface area contributed by atoms with Crippen molar-refractivity contribution in [2.75, 3.05) is 6.61 Å². The summed E-state index contributed by atoms with van der Waals surface area (Å²) < 4.78 is 0. The highest BCUT2D eigenvalue weighted by Gasteiger charge is 2.65. The monoisotopic (exact) mass is 336 g/mol. The summed E-state index contributed by atoms with van der Waals surface area (Å²) in [6, 6.07) is 0. The zero-order valence-corrected chi connectivity index (χ0v) is 15.5. The highest BCUT2D eigenvalue weighted by molar-refractivity contribution is 5.15. The quantitative estimate of drug-likeness (QED) is 0.723. The van der Waals surface area contributed by atoms with Gasteiger partial charge in [0.25, 0.3) is 0 Å². The minimum atomic E-state index is -1.10. The van der Waals surface area contributed by atoms with Gasteiger partial charge in [0.05, 0.1) is 12.2 Å². The summed E-state index contributed by atoms with van der Waals surface area (Å²) in [5.41, 5.74) is -0.811. The van der Waals surface area contributed by atoms with Crippen molar-refractivity contribution in [1.82, 2.24) is 0 Å². The summed E-state index contributed by atoms with van der Waals surface area (Å²) in [7, 11) is 0. The smallest absolute Gasteiger partial charge is 0.106 e. The summed E-state index contributed by atoms with van der Waals surface area (Å²) >= 11 is 0. The molecule has 4 fully saturated rings. The Morgan fingerprint density at radius 3 is 2.42 bits per heavy atom. The molecule has 4 rings (SSSR count). The van der Waals surface area contributed by atoms with Crippen LogP contribution in [0.3, 0.4) is 0 Å². The first-order chi connectivity index (χ1) is 11.4. The van der Waals surface area contributed by atoms with Crippen molar-refractivity contribution in [2.45, 2.75) is 89.8 Å². The van der Waals surface area contributed by atoms with E-state index in [0.717, 1.165) is 24.7 Å². The van der Waals surface area contributed by atoms with Crippen molar-refractivity contribution < 1.29 is 15.3 Å². The average Bonchev–Trinajstić information content (AvgIpc) is 2.86. The van der Waals surface area contributed by atoms with E-state index in [9.17, 15) is 15.3 Å². The largest absolute Gasteiger partial charge is 0.394 e. The molecule has 4 saturated carbocycles. The summed E-state index contributed by atoms with van der Waals surface area (Å²) in [6.45, 7) is 4.45. The molecule has 4 aliphatic carbocycles. The molecule has 4 aliphatic rings. The molecule has 0 aromatic heterocycles. The molecule has 0 aromatic carbocycles. The lowest BCUT2D eigenvalue weighted by Crippen LogP contribution is -2.60. The van der Waals surface area contributed by atoms with Crippen LogP contribution in [-0.4, -0.2) is 33.6 Å². The maximum Gasteiger partial charge on any atom is 0.106 e. The van der Waals surface area contributed by atoms with Gasteiger partial charge in [0.2, 0.25) is 0 Å². The van der Waals surface area contributed by atoms with E-state index in [-0.39, 0.29) is 12.0 Å². The topological polar surface area (TPSA) is 60.7 Å². The van der Waals surface area contributed by atoms with Crippen molar-refractivity contribution in [2.24, 2.45) is 34.5 Å². The third-order valence-electron chi connectivity index (χ3n) is 9.52. The van der Waals surface area contributed by atoms with Gasteiger partial charge in [-0.05, 0) is 80.5 Å². The molecule has 138 valence electrons. The molecule has 24 heavy (non-hydrogen) atoms. The predicted molar refractivity (Wildman–Crippen MR) is 94.4 cm³/mol. The number of rotatable bonds is 2. The first-order valence-electron chi connectivity index (χ1n) is 10.4. The van der Waals surface area contributed by atoms with Gasteiger partial charge in [-0.25, -0.2) is 0 Å². The normalized spacial score (nSPS) is 55.4. The molecule has 0 spiro atoms. The van der Waals surface area contributed by atoms with Crippen molar-refractivity contribution in [3.8, 4) is 0 Å². The van der Waals surface area contributed by atoms with Gasteiger partial charge < -0.3 is 15.3 Å². The van der Waals surface area contributed by atoms with Crippen LogP contribution in [0.1, 0.15) is 78.1 Å². The fourth-order valence-corrected chi connectivity index (χ4v) is 8.04. The van der Waals surface area contributed by atoms with Crippen molar-refractivity contribution in [3.63, 3.8) is 0 Å². The standard InChI is InChI=1S/C21H36O3/c1-19-10-4-3-5-14(19)6-7-15-16(19)8-11-20(2)17(15)9-12-21(20,24)18(23)13-22/h14-18,22-24H,3-13H2,1-2H3/t14?,15-,16+,17+,18?,19+,20+,21+/m1/s1. The SMILES string of the molecule is C[C@]12CCCCC1CC[C@@H]1[C@@H]2CC[C@@]2(C)[C@H]1CC[C@]2(O)C(O)CO. The lowest BCUT2D eigenvalue weighted by atomic mass is 9.44. The van der Waals surface area contributed by atoms with Crippen LogP contribution >= 0.6 is 0 Å². The van der Waals surface area contributed by atoms with Crippen LogP contribution in [0.5, 0.6) is 0 Å². The van der Waals surface area contributed by atoms with Gasteiger partial charge >= 0.3 is 0 Å². The molecule has 0 amide bonds. The summed E-state index contributed by atoms with van der Waals surface area (Å²) in [6.07, 6.45) is 11.2. The van der Waals surface area contributed by atoms with E-state index in [0.29, 0.717) is 23.7 Å². The van der Waals surface area contributed by atoms with Gasteiger partial charge in [0.1, 0.15) is 6.10 Å². The van der Waals surface area contributed by atoms with Gasteiger partial charge in [-0.1, -0.05) is 26.7 Å². The third-order valence-corrected chi connectivity index (χ3v) is 9.52. The molecule has 2 unspecified atom stereocenters. The molecule has 8 atom stereocenters. The Hall–Kier alpha value is -0.120. The molecule has 3 heteroatoms. The number of aliphatic hydroxyl groups excluding tert-OH is 2. The Kier molecular flexibility index (Phi) is 4.10. The summed E-state index contributed by atoms with van der Waals surface area (Å²) in [5, 5.41) is 31.1. The fourth-order valence-electron chi connectivity index (χ4n) is 8.04. The van der Waals surface area contributed by atoms with Crippen LogP contribution in [0.4, 0.5) is 0 Å². The molecule has 3 nitrogen and oxygen atoms in total. The Balaban J connectivity index is 1.64. The molecule has 0 saturated heterocycles. The second-order valence-corrected chi connectivity index (χ2v) is 10.0. The van der Waals surface area contributed by atoms with Crippen LogP contribution in [-0.2, 0) is 0 Å². The van der Waals surface area contributed by atoms with Gasteiger partial charge in [0, 0.05) is 5.41 Å². The second-order valence-electron chi connectivity index (χ2n) is 10.0. The van der Waals surface area contributed by atoms with Crippen molar-refractivity contribution in [1.29, 1.82) is 0 Å². The highest BCUT2D eigenvalue weighted by Crippen LogP contribution is 2.68. The van der Waals surface area contributed by atoms with Crippen LogP contribution < -0.4 is 0 Å². The van der Waals surface area contributed by atoms with E-state index in [4.69, 9.17) is 0 Å². The third kappa shape index (κ3) is 2.07. The lowest BCUT2D eigenvalue weighted by Gasteiger charge is -2.61. The van der Waals surface area contributed by atoms with Gasteiger partial charge in [0.15, 0.2) is 0 Å². The molecule has 0 bridgehead atoms. The first-order valence-corrected chi connectivity index (χ1v) is 10.4. The average molecular weight is 337 g/mol. The Morgan fingerprint density at radius 1 is 0.917 bits per heavy atom. The van der Waals surface area contributed by atoms with E-state index in [1.165, 1.54) is 44.9 Å². The molecule has 0 aromatic rings. The van der Waals surface area contributed by atoms with Gasteiger partial charge in [-0.3, -0.25) is 0 Å². The number of fused-ring (bicyclic) bond motifs is 5. The van der Waals surface area contributed by atoms with E-state index < -0.39 is 11.7 Å². The van der Waals surface area contributed by atoms with Crippen LogP contribution in [0.15, 0.2) is 0 Å². The van der Waals surface area contributed by atoms with Crippen molar-refractivity contribution >= 4 is 0 Å². The minimum absolute atomic E-state index is 0.228. The zero-order chi connectivity index (χ0) is 17.2. The maximum atomic E-state index is 11.3. The van der Waals surface area contributed by atoms with Crippen LogP contribution in [0.25, 0.3) is 0 Å². The highest BCUT2D eigenvalue weighted by atomic mass is 16.4. The number of aliphatic hydroxyl groups is 3. The predicted octanol–water partition coefficient (Wildman–Crippen LogP) is 3.50.